The lowest BCUT2D eigenvalue weighted by atomic mass is 9.83. The second-order valence-electron chi connectivity index (χ2n) is 8.26. The Morgan fingerprint density at radius 2 is 1.73 bits per heavy atom. The van der Waals surface area contributed by atoms with E-state index < -0.39 is 16.8 Å². The predicted octanol–water partition coefficient (Wildman–Crippen LogP) is 4.14. The molecule has 0 spiro atoms. The molecule has 1 aliphatic heterocycles. The van der Waals surface area contributed by atoms with Gasteiger partial charge in [-0.1, -0.05) is 50.3 Å². The lowest BCUT2D eigenvalue weighted by Gasteiger charge is -2.20. The van der Waals surface area contributed by atoms with E-state index in [-0.39, 0.29) is 11.3 Å². The Bertz CT molecular complexity index is 1230. The molecule has 5 heteroatoms. The van der Waals surface area contributed by atoms with Crippen molar-refractivity contribution in [1.82, 2.24) is 4.57 Å². The van der Waals surface area contributed by atoms with Gasteiger partial charge in [0.15, 0.2) is 5.78 Å². The van der Waals surface area contributed by atoms with Crippen molar-refractivity contribution in [1.29, 1.82) is 0 Å². The Balaban J connectivity index is 1.75. The molecule has 30 heavy (non-hydrogen) atoms. The largest absolute Gasteiger partial charge is 0.507 e. The number of hydrogen-bond acceptors (Lipinski definition) is 4. The maximum Gasteiger partial charge on any atom is 0.270 e. The van der Waals surface area contributed by atoms with Crippen LogP contribution >= 0.6 is 0 Å². The van der Waals surface area contributed by atoms with Crippen LogP contribution in [0.25, 0.3) is 11.8 Å². The van der Waals surface area contributed by atoms with Crippen LogP contribution in [0.3, 0.4) is 0 Å². The molecule has 1 aromatic heterocycles. The fraction of sp³-hybridized carbons (Fsp3) is 0.200. The molecular weight excluding hydrogens is 376 g/mol. The number of nitrogens with zero attached hydrogens (tertiary/aromatic N) is 2. The van der Waals surface area contributed by atoms with Crippen molar-refractivity contribution in [2.45, 2.75) is 19.3 Å². The summed E-state index contributed by atoms with van der Waals surface area (Å²) in [4.78, 5) is 28.1. The Hall–Kier alpha value is -3.60. The number of fused-ring (bicyclic) bond motifs is 3. The van der Waals surface area contributed by atoms with Gasteiger partial charge < -0.3 is 10.0 Å². The molecule has 5 nitrogen and oxygen atoms in total. The van der Waals surface area contributed by atoms with Gasteiger partial charge in [0.1, 0.15) is 11.3 Å². The summed E-state index contributed by atoms with van der Waals surface area (Å²) >= 11 is 0. The summed E-state index contributed by atoms with van der Waals surface area (Å²) in [5.41, 5.74) is 3.13. The summed E-state index contributed by atoms with van der Waals surface area (Å²) in [5.74, 6) is -0.809. The Labute approximate surface area is 175 Å². The number of rotatable bonds is 4. The number of allylic oxidation sites excluding steroid dienone is 1. The van der Waals surface area contributed by atoms with E-state index in [1.165, 1.54) is 12.1 Å². The van der Waals surface area contributed by atoms with Gasteiger partial charge >= 0.3 is 0 Å². The lowest BCUT2D eigenvalue weighted by molar-refractivity contribution is 0.104. The molecule has 0 unspecified atom stereocenters. The fourth-order valence-corrected chi connectivity index (χ4v) is 4.00. The van der Waals surface area contributed by atoms with Gasteiger partial charge in [0.05, 0.1) is 5.69 Å². The molecule has 0 radical (unpaired) electrons. The van der Waals surface area contributed by atoms with Crippen LogP contribution in [0.4, 0.5) is 5.69 Å². The molecule has 0 aliphatic carbocycles. The molecule has 0 saturated heterocycles. The van der Waals surface area contributed by atoms with E-state index in [0.29, 0.717) is 5.69 Å². The van der Waals surface area contributed by atoms with Crippen molar-refractivity contribution in [2.75, 3.05) is 19.0 Å². The molecule has 1 N–H and O–H groups in total. The molecular formula is C25H24N2O3. The average Bonchev–Trinajstić information content (AvgIpc) is 2.94. The number of benzene rings is 2. The topological polar surface area (TPSA) is 62.5 Å². The molecule has 4 rings (SSSR count). The van der Waals surface area contributed by atoms with Crippen LogP contribution in [0.5, 0.6) is 5.75 Å². The first-order valence-corrected chi connectivity index (χ1v) is 9.81. The number of pyridine rings is 1. The minimum atomic E-state index is -0.522. The molecule has 2 aromatic carbocycles. The number of carbonyl (C=O) groups is 1. The highest BCUT2D eigenvalue weighted by atomic mass is 16.3. The Morgan fingerprint density at radius 3 is 2.40 bits per heavy atom. The third-order valence-corrected chi connectivity index (χ3v) is 5.73. The molecule has 152 valence electrons. The molecule has 3 aromatic rings. The van der Waals surface area contributed by atoms with Crippen molar-refractivity contribution in [3.05, 3.63) is 93.4 Å². The number of aromatic nitrogens is 1. The standard InChI is InChI=1S/C25H24N2O3/c1-25(2)18-7-5-6-8-19(18)27-22(25)15-21(29)23(24(27)30)20(28)14-11-16-9-12-17(13-10-16)26(3)4/h5-15,29H,1-4H3. The second kappa shape index (κ2) is 7.02. The second-order valence-corrected chi connectivity index (χ2v) is 8.26. The summed E-state index contributed by atoms with van der Waals surface area (Å²) in [6, 6.07) is 16.8. The minimum Gasteiger partial charge on any atom is -0.507 e. The molecule has 1 aliphatic rings. The van der Waals surface area contributed by atoms with E-state index in [1.54, 1.807) is 10.6 Å². The van der Waals surface area contributed by atoms with E-state index in [9.17, 15) is 14.7 Å². The molecule has 0 fully saturated rings. The number of hydrogen-bond donors (Lipinski definition) is 1. The summed E-state index contributed by atoms with van der Waals surface area (Å²) < 4.78 is 1.54. The van der Waals surface area contributed by atoms with E-state index in [0.717, 1.165) is 22.5 Å². The average molecular weight is 400 g/mol. The number of ketones is 1. The number of aromatic hydroxyl groups is 1. The third kappa shape index (κ3) is 3.03. The van der Waals surface area contributed by atoms with Crippen LogP contribution in [-0.4, -0.2) is 29.6 Å². The fourth-order valence-electron chi connectivity index (χ4n) is 4.00. The van der Waals surface area contributed by atoms with E-state index in [4.69, 9.17) is 0 Å². The monoisotopic (exact) mass is 400 g/mol. The van der Waals surface area contributed by atoms with E-state index >= 15 is 0 Å². The van der Waals surface area contributed by atoms with Gasteiger partial charge in [-0.2, -0.15) is 0 Å². The highest BCUT2D eigenvalue weighted by Gasteiger charge is 2.38. The van der Waals surface area contributed by atoms with Gasteiger partial charge in [0.2, 0.25) is 0 Å². The zero-order valence-corrected chi connectivity index (χ0v) is 17.5. The molecule has 2 heterocycles. The number of carbonyl (C=O) groups excluding carboxylic acids is 1. The maximum atomic E-state index is 13.2. The van der Waals surface area contributed by atoms with Gasteiger partial charge in [0, 0.05) is 37.0 Å². The lowest BCUT2D eigenvalue weighted by Crippen LogP contribution is -2.27. The summed E-state index contributed by atoms with van der Waals surface area (Å²) in [6.07, 6.45) is 2.98. The quantitative estimate of drug-likeness (QED) is 0.528. The first-order valence-electron chi connectivity index (χ1n) is 9.81. The number of para-hydroxylation sites is 1. The van der Waals surface area contributed by atoms with Gasteiger partial charge in [0.25, 0.3) is 5.56 Å². The van der Waals surface area contributed by atoms with Crippen molar-refractivity contribution in [3.63, 3.8) is 0 Å². The third-order valence-electron chi connectivity index (χ3n) is 5.73. The van der Waals surface area contributed by atoms with Gasteiger partial charge in [-0.3, -0.25) is 14.2 Å². The summed E-state index contributed by atoms with van der Waals surface area (Å²) in [6.45, 7) is 4.00. The maximum absolute atomic E-state index is 13.2. The van der Waals surface area contributed by atoms with E-state index in [2.05, 4.69) is 0 Å². The molecule has 0 atom stereocenters. The molecule has 0 saturated carbocycles. The zero-order valence-electron chi connectivity index (χ0n) is 17.5. The van der Waals surface area contributed by atoms with Crippen molar-refractivity contribution in [3.8, 4) is 11.4 Å². The van der Waals surface area contributed by atoms with Crippen LogP contribution in [0, 0.1) is 0 Å². The van der Waals surface area contributed by atoms with Crippen LogP contribution in [0.15, 0.2) is 65.5 Å². The Morgan fingerprint density at radius 1 is 1.07 bits per heavy atom. The smallest absolute Gasteiger partial charge is 0.270 e. The SMILES string of the molecule is CN(C)c1ccc(C=CC(=O)c2c(O)cc3n(c2=O)-c2ccccc2C3(C)C)cc1. The van der Waals surface area contributed by atoms with Gasteiger partial charge in [-0.25, -0.2) is 0 Å². The van der Waals surface area contributed by atoms with Crippen molar-refractivity contribution >= 4 is 17.5 Å². The van der Waals surface area contributed by atoms with Crippen LogP contribution in [-0.2, 0) is 5.41 Å². The van der Waals surface area contributed by atoms with Crippen LogP contribution in [0.1, 0.15) is 41.0 Å². The summed E-state index contributed by atoms with van der Waals surface area (Å²) in [5, 5.41) is 10.6. The Kier molecular flexibility index (Phi) is 4.61. The van der Waals surface area contributed by atoms with Crippen molar-refractivity contribution in [2.24, 2.45) is 0 Å². The first-order chi connectivity index (χ1) is 14.2. The van der Waals surface area contributed by atoms with Crippen LogP contribution in [0.2, 0.25) is 0 Å². The highest BCUT2D eigenvalue weighted by molar-refractivity contribution is 6.08. The zero-order chi connectivity index (χ0) is 21.6. The van der Waals surface area contributed by atoms with Gasteiger partial charge in [-0.15, -0.1) is 0 Å². The molecule has 0 bridgehead atoms. The van der Waals surface area contributed by atoms with Gasteiger partial charge in [-0.05, 0) is 35.4 Å². The normalized spacial score (nSPS) is 13.9. The molecule has 0 amide bonds. The van der Waals surface area contributed by atoms with Crippen molar-refractivity contribution < 1.29 is 9.90 Å². The van der Waals surface area contributed by atoms with Crippen LogP contribution < -0.4 is 10.5 Å². The predicted molar refractivity (Wildman–Crippen MR) is 120 cm³/mol. The highest BCUT2D eigenvalue weighted by Crippen LogP contribution is 2.42. The number of anilines is 1. The van der Waals surface area contributed by atoms with E-state index in [1.807, 2.05) is 81.4 Å². The minimum absolute atomic E-state index is 0.215. The first kappa shape index (κ1) is 19.7. The summed E-state index contributed by atoms with van der Waals surface area (Å²) in [7, 11) is 3.91.